The average Bonchev–Trinajstić information content (AvgIpc) is 3.41. The van der Waals surface area contributed by atoms with Crippen LogP contribution in [0, 0.1) is 17.7 Å². The van der Waals surface area contributed by atoms with Crippen LogP contribution >= 0.6 is 0 Å². The minimum atomic E-state index is -2.50. The number of rotatable bonds is 3. The van der Waals surface area contributed by atoms with Crippen molar-refractivity contribution in [3.63, 3.8) is 0 Å². The van der Waals surface area contributed by atoms with Gasteiger partial charge in [0.05, 0.1) is 5.69 Å². The van der Waals surface area contributed by atoms with E-state index < -0.39 is 24.5 Å². The number of aryl methyl sites for hydroxylation is 1. The van der Waals surface area contributed by atoms with Gasteiger partial charge in [-0.2, -0.15) is 0 Å². The van der Waals surface area contributed by atoms with Gasteiger partial charge in [0.2, 0.25) is 0 Å². The molecule has 206 valence electrons. The summed E-state index contributed by atoms with van der Waals surface area (Å²) in [7, 11) is 0. The smallest absolute Gasteiger partial charge is 0.144 e. The fourth-order valence-electron chi connectivity index (χ4n) is 7.29. The van der Waals surface area contributed by atoms with E-state index in [1.54, 1.807) is 26.8 Å². The van der Waals surface area contributed by atoms with Crippen molar-refractivity contribution in [2.75, 3.05) is 0 Å². The number of aromatic nitrogens is 1. The van der Waals surface area contributed by atoms with E-state index >= 15 is 0 Å². The molecule has 2 fully saturated rings. The standard InChI is InChI=1S/C38H43NO/c1-25-24-39-34(22-29(25)23-37(2,3)4)33-10-8-9-31-32-14-12-28-21-27(11-13-30(28)35(32)40-36(31)33)26-15-19-38(20-16-26)17-6-5-7-18-38/h8-14,21-22,24,26H,5-7,15-20,23H2,1-4H3/i1D3,23D2,26D. The molecule has 2 heteroatoms. The number of fused-ring (bicyclic) bond motifs is 5. The molecule has 2 aliphatic carbocycles. The average molecular weight is 536 g/mol. The minimum Gasteiger partial charge on any atom is -0.455 e. The number of benzene rings is 3. The molecule has 0 N–H and O–H groups in total. The molecular formula is C38H43NO. The predicted octanol–water partition coefficient (Wildman–Crippen LogP) is 11.3. The topological polar surface area (TPSA) is 26.0 Å². The zero-order chi connectivity index (χ0) is 32.7. The highest BCUT2D eigenvalue weighted by atomic mass is 16.3. The van der Waals surface area contributed by atoms with Gasteiger partial charge in [-0.3, -0.25) is 4.98 Å². The van der Waals surface area contributed by atoms with Crippen molar-refractivity contribution in [2.24, 2.45) is 10.8 Å². The molecule has 0 amide bonds. The van der Waals surface area contributed by atoms with Gasteiger partial charge >= 0.3 is 0 Å². The second-order valence-corrected chi connectivity index (χ2v) is 13.3. The second kappa shape index (κ2) is 9.75. The van der Waals surface area contributed by atoms with E-state index in [-0.39, 0.29) is 11.1 Å². The Morgan fingerprint density at radius 2 is 1.70 bits per heavy atom. The molecule has 7 rings (SSSR count). The molecule has 0 radical (unpaired) electrons. The Morgan fingerprint density at radius 1 is 0.925 bits per heavy atom. The third-order valence-electron chi connectivity index (χ3n) is 9.41. The highest BCUT2D eigenvalue weighted by Gasteiger charge is 2.36. The lowest BCUT2D eigenvalue weighted by molar-refractivity contribution is 0.114. The molecule has 1 spiro atoms. The lowest BCUT2D eigenvalue weighted by Crippen LogP contribution is -2.29. The van der Waals surface area contributed by atoms with Crippen LogP contribution in [0.2, 0.25) is 0 Å². The van der Waals surface area contributed by atoms with Crippen molar-refractivity contribution in [3.05, 3.63) is 77.5 Å². The molecular weight excluding hydrogens is 486 g/mol. The molecule has 0 atom stereocenters. The van der Waals surface area contributed by atoms with E-state index in [0.717, 1.165) is 58.4 Å². The van der Waals surface area contributed by atoms with Crippen LogP contribution in [-0.2, 0) is 6.37 Å². The van der Waals surface area contributed by atoms with E-state index in [2.05, 4.69) is 35.3 Å². The molecule has 40 heavy (non-hydrogen) atoms. The van der Waals surface area contributed by atoms with Gasteiger partial charge in [-0.05, 0) is 109 Å². The first-order valence-corrected chi connectivity index (χ1v) is 15.0. The maximum absolute atomic E-state index is 9.47. The molecule has 2 aliphatic rings. The summed E-state index contributed by atoms with van der Waals surface area (Å²) in [6, 6.07) is 18.1. The molecule has 0 unspecified atom stereocenters. The molecule has 2 nitrogen and oxygen atoms in total. The summed E-state index contributed by atoms with van der Waals surface area (Å²) in [5.74, 6) is -0.560. The second-order valence-electron chi connectivity index (χ2n) is 13.3. The quantitative estimate of drug-likeness (QED) is 0.230. The normalized spacial score (nSPS) is 22.0. The first kappa shape index (κ1) is 19.9. The maximum Gasteiger partial charge on any atom is 0.144 e. The monoisotopic (exact) mass is 535 g/mol. The van der Waals surface area contributed by atoms with E-state index in [4.69, 9.17) is 11.3 Å². The third kappa shape index (κ3) is 4.64. The summed E-state index contributed by atoms with van der Waals surface area (Å²) in [4.78, 5) is 4.55. The van der Waals surface area contributed by atoms with Crippen molar-refractivity contribution in [3.8, 4) is 11.3 Å². The van der Waals surface area contributed by atoms with Crippen molar-refractivity contribution in [2.45, 2.75) is 97.7 Å². The summed E-state index contributed by atoms with van der Waals surface area (Å²) in [5, 5.41) is 3.93. The van der Waals surface area contributed by atoms with E-state index in [0.29, 0.717) is 22.3 Å². The number of hydrogen-bond donors (Lipinski definition) is 0. The number of nitrogens with zero attached hydrogens (tertiary/aromatic N) is 1. The molecule has 0 bridgehead atoms. The van der Waals surface area contributed by atoms with Gasteiger partial charge in [-0.15, -0.1) is 0 Å². The summed E-state index contributed by atoms with van der Waals surface area (Å²) < 4.78 is 58.3. The minimum absolute atomic E-state index is 0.0752. The molecule has 0 aliphatic heterocycles. The third-order valence-corrected chi connectivity index (χ3v) is 9.41. The Balaban J connectivity index is 1.30. The van der Waals surface area contributed by atoms with Crippen LogP contribution in [0.3, 0.4) is 0 Å². The lowest BCUT2D eigenvalue weighted by Gasteiger charge is -2.43. The van der Waals surface area contributed by atoms with Crippen LogP contribution in [0.4, 0.5) is 0 Å². The van der Waals surface area contributed by atoms with E-state index in [1.807, 2.05) is 18.2 Å². The van der Waals surface area contributed by atoms with Crippen LogP contribution < -0.4 is 0 Å². The van der Waals surface area contributed by atoms with Crippen molar-refractivity contribution < 1.29 is 12.6 Å². The van der Waals surface area contributed by atoms with Crippen molar-refractivity contribution in [1.29, 1.82) is 0 Å². The van der Waals surface area contributed by atoms with Crippen LogP contribution in [0.15, 0.2) is 65.2 Å². The molecule has 2 heterocycles. The summed E-state index contributed by atoms with van der Waals surface area (Å²) in [5.41, 5.74) is 3.30. The summed E-state index contributed by atoms with van der Waals surface area (Å²) in [6.07, 6.45) is 10.2. The fourth-order valence-corrected chi connectivity index (χ4v) is 7.29. The number of para-hydroxylation sites is 1. The maximum atomic E-state index is 9.47. The van der Waals surface area contributed by atoms with Gasteiger partial charge in [-0.25, -0.2) is 0 Å². The molecule has 2 saturated carbocycles. The molecule has 3 aromatic carbocycles. The summed E-state index contributed by atoms with van der Waals surface area (Å²) >= 11 is 0. The van der Waals surface area contributed by atoms with Gasteiger partial charge in [0.25, 0.3) is 0 Å². The largest absolute Gasteiger partial charge is 0.455 e. The van der Waals surface area contributed by atoms with Crippen LogP contribution in [0.25, 0.3) is 44.0 Å². The first-order valence-electron chi connectivity index (χ1n) is 18.0. The zero-order valence-electron chi connectivity index (χ0n) is 30.0. The van der Waals surface area contributed by atoms with Crippen molar-refractivity contribution >= 4 is 32.7 Å². The van der Waals surface area contributed by atoms with Crippen LogP contribution in [-0.4, -0.2) is 4.98 Å². The Bertz CT molecular complexity index is 1950. The van der Waals surface area contributed by atoms with Gasteiger partial charge in [0, 0.05) is 36.1 Å². The van der Waals surface area contributed by atoms with Gasteiger partial charge in [0.15, 0.2) is 0 Å². The molecule has 2 aromatic heterocycles. The Labute approximate surface area is 247 Å². The highest BCUT2D eigenvalue weighted by Crippen LogP contribution is 2.51. The van der Waals surface area contributed by atoms with Crippen LogP contribution in [0.1, 0.15) is 109 Å². The SMILES string of the molecule is [2H]C([2H])([2H])c1cnc(-c2cccc3c2oc2c4ccc(C5([2H])CCC6(CCCCC6)CC5)cc4ccc32)cc1C([2H])([2H])C(C)(C)C. The Hall–Kier alpha value is -3.13. The summed E-state index contributed by atoms with van der Waals surface area (Å²) in [6.45, 7) is 2.82. The predicted molar refractivity (Wildman–Crippen MR) is 169 cm³/mol. The van der Waals surface area contributed by atoms with Gasteiger partial charge in [0.1, 0.15) is 11.2 Å². The van der Waals surface area contributed by atoms with Crippen LogP contribution in [0.5, 0.6) is 0 Å². The number of pyridine rings is 1. The highest BCUT2D eigenvalue weighted by molar-refractivity contribution is 6.17. The fraction of sp³-hybridized carbons (Fsp3) is 0.447. The first-order chi connectivity index (χ1) is 21.6. The van der Waals surface area contributed by atoms with Gasteiger partial charge in [-0.1, -0.05) is 76.4 Å². The molecule has 0 saturated heterocycles. The lowest BCUT2D eigenvalue weighted by atomic mass is 9.62. The van der Waals surface area contributed by atoms with E-state index in [1.165, 1.54) is 38.3 Å². The number of furan rings is 1. The van der Waals surface area contributed by atoms with Crippen molar-refractivity contribution in [1.82, 2.24) is 4.98 Å². The van der Waals surface area contributed by atoms with E-state index in [9.17, 15) is 1.37 Å². The zero-order valence-corrected chi connectivity index (χ0v) is 24.0. The Morgan fingerprint density at radius 3 is 2.48 bits per heavy atom. The van der Waals surface area contributed by atoms with Gasteiger partial charge < -0.3 is 4.42 Å². The number of hydrogen-bond acceptors (Lipinski definition) is 2. The Kier molecular flexibility index (Phi) is 4.84. The molecule has 5 aromatic rings.